The highest BCUT2D eigenvalue weighted by molar-refractivity contribution is 5.60. The van der Waals surface area contributed by atoms with E-state index in [1.165, 1.54) is 12.8 Å². The topological polar surface area (TPSA) is 24.5 Å². The molecule has 0 saturated carbocycles. The Morgan fingerprint density at radius 3 is 3.00 bits per heavy atom. The molecule has 3 rings (SSSR count). The highest BCUT2D eigenvalue weighted by Crippen LogP contribution is 2.38. The van der Waals surface area contributed by atoms with Crippen molar-refractivity contribution >= 4 is 5.69 Å². The molecule has 0 spiro atoms. The van der Waals surface area contributed by atoms with Gasteiger partial charge in [0.2, 0.25) is 0 Å². The standard InChI is InChI=1S/C15H20F2N2O/c1-19-6-2-3-11(19)7-10-9-18-14-5-4-12(8-13(10)14)20-15(16)17/h4-5,8,10-11,15,18H,2-3,6-7,9H2,1H3/t10?,11-/m1/s1. The molecule has 1 saturated heterocycles. The molecule has 5 heteroatoms. The first kappa shape index (κ1) is 13.6. The van der Waals surface area contributed by atoms with E-state index < -0.39 is 6.61 Å². The van der Waals surface area contributed by atoms with E-state index in [9.17, 15) is 8.78 Å². The molecule has 3 nitrogen and oxygen atoms in total. The zero-order valence-electron chi connectivity index (χ0n) is 11.6. The zero-order valence-corrected chi connectivity index (χ0v) is 11.6. The van der Waals surface area contributed by atoms with Crippen molar-refractivity contribution in [3.63, 3.8) is 0 Å². The number of fused-ring (bicyclic) bond motifs is 1. The largest absolute Gasteiger partial charge is 0.435 e. The van der Waals surface area contributed by atoms with Crippen LogP contribution in [-0.4, -0.2) is 37.7 Å². The highest BCUT2D eigenvalue weighted by atomic mass is 19.3. The molecule has 1 aromatic carbocycles. The number of rotatable bonds is 4. The summed E-state index contributed by atoms with van der Waals surface area (Å²) in [6, 6.07) is 5.81. The molecule has 20 heavy (non-hydrogen) atoms. The van der Waals surface area contributed by atoms with E-state index in [1.54, 1.807) is 12.1 Å². The first-order valence-corrected chi connectivity index (χ1v) is 7.16. The molecule has 2 heterocycles. The molecule has 1 fully saturated rings. The van der Waals surface area contributed by atoms with Crippen LogP contribution in [-0.2, 0) is 0 Å². The van der Waals surface area contributed by atoms with Crippen LogP contribution in [0.4, 0.5) is 14.5 Å². The fraction of sp³-hybridized carbons (Fsp3) is 0.600. The van der Waals surface area contributed by atoms with Crippen molar-refractivity contribution in [1.29, 1.82) is 0 Å². The summed E-state index contributed by atoms with van der Waals surface area (Å²) in [6.07, 6.45) is 3.56. The summed E-state index contributed by atoms with van der Waals surface area (Å²) in [5, 5.41) is 3.36. The van der Waals surface area contributed by atoms with Gasteiger partial charge in [-0.25, -0.2) is 0 Å². The van der Waals surface area contributed by atoms with Crippen molar-refractivity contribution in [3.05, 3.63) is 23.8 Å². The summed E-state index contributed by atoms with van der Waals surface area (Å²) < 4.78 is 29.1. The summed E-state index contributed by atoms with van der Waals surface area (Å²) in [5.41, 5.74) is 2.17. The number of hydrogen-bond donors (Lipinski definition) is 1. The Kier molecular flexibility index (Phi) is 3.78. The van der Waals surface area contributed by atoms with Crippen molar-refractivity contribution in [3.8, 4) is 5.75 Å². The maximum absolute atomic E-state index is 12.3. The fourth-order valence-corrected chi connectivity index (χ4v) is 3.37. The van der Waals surface area contributed by atoms with Gasteiger partial charge in [-0.1, -0.05) is 0 Å². The minimum Gasteiger partial charge on any atom is -0.435 e. The quantitative estimate of drug-likeness (QED) is 0.917. The van der Waals surface area contributed by atoms with Crippen LogP contribution in [0.2, 0.25) is 0 Å². The maximum Gasteiger partial charge on any atom is 0.387 e. The van der Waals surface area contributed by atoms with Gasteiger partial charge in [-0.3, -0.25) is 0 Å². The van der Waals surface area contributed by atoms with Crippen molar-refractivity contribution < 1.29 is 13.5 Å². The first-order chi connectivity index (χ1) is 9.63. The minimum absolute atomic E-state index is 0.257. The Morgan fingerprint density at radius 1 is 1.45 bits per heavy atom. The van der Waals surface area contributed by atoms with Crippen molar-refractivity contribution in [2.24, 2.45) is 0 Å². The summed E-state index contributed by atoms with van der Waals surface area (Å²) in [4.78, 5) is 2.40. The van der Waals surface area contributed by atoms with Crippen molar-refractivity contribution in [1.82, 2.24) is 4.90 Å². The third kappa shape index (κ3) is 2.73. The molecule has 0 aromatic heterocycles. The summed E-state index contributed by atoms with van der Waals surface area (Å²) in [5.74, 6) is 0.643. The lowest BCUT2D eigenvalue weighted by Crippen LogP contribution is -2.27. The predicted octanol–water partition coefficient (Wildman–Crippen LogP) is 3.28. The molecule has 0 aliphatic carbocycles. The summed E-state index contributed by atoms with van der Waals surface area (Å²) in [6.45, 7) is -0.717. The van der Waals surface area contributed by atoms with Gasteiger partial charge in [0, 0.05) is 24.2 Å². The Labute approximate surface area is 117 Å². The number of likely N-dealkylation sites (tertiary alicyclic amines) is 1. The summed E-state index contributed by atoms with van der Waals surface area (Å²) in [7, 11) is 2.16. The molecular weight excluding hydrogens is 262 g/mol. The van der Waals surface area contributed by atoms with E-state index in [0.717, 1.165) is 30.8 Å². The smallest absolute Gasteiger partial charge is 0.387 e. The van der Waals surface area contributed by atoms with Crippen LogP contribution in [0.3, 0.4) is 0 Å². The van der Waals surface area contributed by atoms with Crippen LogP contribution in [0.1, 0.15) is 30.7 Å². The fourth-order valence-electron chi connectivity index (χ4n) is 3.37. The zero-order chi connectivity index (χ0) is 14.1. The van der Waals surface area contributed by atoms with Crippen LogP contribution >= 0.6 is 0 Å². The molecule has 0 bridgehead atoms. The van der Waals surface area contributed by atoms with Gasteiger partial charge in [0.25, 0.3) is 0 Å². The molecular formula is C15H20F2N2O. The van der Waals surface area contributed by atoms with E-state index >= 15 is 0 Å². The van der Waals surface area contributed by atoms with Crippen molar-refractivity contribution in [2.75, 3.05) is 25.5 Å². The van der Waals surface area contributed by atoms with Gasteiger partial charge < -0.3 is 15.0 Å². The Hall–Kier alpha value is -1.36. The summed E-state index contributed by atoms with van der Waals surface area (Å²) >= 11 is 0. The monoisotopic (exact) mass is 282 g/mol. The SMILES string of the molecule is CN1CCC[C@@H]1CC1CNc2ccc(OC(F)F)cc21. The molecule has 0 amide bonds. The predicted molar refractivity (Wildman–Crippen MR) is 74.6 cm³/mol. The van der Waals surface area contributed by atoms with Crippen LogP contribution in [0.5, 0.6) is 5.75 Å². The Morgan fingerprint density at radius 2 is 2.30 bits per heavy atom. The lowest BCUT2D eigenvalue weighted by atomic mass is 9.93. The second-order valence-corrected chi connectivity index (χ2v) is 5.72. The van der Waals surface area contributed by atoms with Crippen LogP contribution < -0.4 is 10.1 Å². The van der Waals surface area contributed by atoms with Gasteiger partial charge in [0.15, 0.2) is 0 Å². The molecule has 110 valence electrons. The molecule has 0 radical (unpaired) electrons. The van der Waals surface area contributed by atoms with Crippen LogP contribution in [0.15, 0.2) is 18.2 Å². The third-order valence-electron chi connectivity index (χ3n) is 4.46. The maximum atomic E-state index is 12.3. The highest BCUT2D eigenvalue weighted by Gasteiger charge is 2.29. The Balaban J connectivity index is 1.74. The minimum atomic E-state index is -2.76. The molecule has 2 atom stereocenters. The van der Waals surface area contributed by atoms with E-state index in [1.807, 2.05) is 6.07 Å². The molecule has 1 unspecified atom stereocenters. The van der Waals surface area contributed by atoms with E-state index in [4.69, 9.17) is 0 Å². The lowest BCUT2D eigenvalue weighted by molar-refractivity contribution is -0.0498. The molecule has 2 aliphatic heterocycles. The molecule has 1 aromatic rings. The average Bonchev–Trinajstić information content (AvgIpc) is 2.97. The van der Waals surface area contributed by atoms with Crippen LogP contribution in [0, 0.1) is 0 Å². The van der Waals surface area contributed by atoms with E-state index in [2.05, 4.69) is 22.0 Å². The van der Waals surface area contributed by atoms with Gasteiger partial charge in [-0.15, -0.1) is 0 Å². The van der Waals surface area contributed by atoms with Gasteiger partial charge in [-0.05, 0) is 56.6 Å². The number of benzene rings is 1. The number of ether oxygens (including phenoxy) is 1. The van der Waals surface area contributed by atoms with E-state index in [-0.39, 0.29) is 5.75 Å². The second kappa shape index (κ2) is 5.56. The normalized spacial score (nSPS) is 25.8. The second-order valence-electron chi connectivity index (χ2n) is 5.72. The molecule has 1 N–H and O–H groups in total. The first-order valence-electron chi connectivity index (χ1n) is 7.16. The Bertz CT molecular complexity index is 481. The number of nitrogens with zero attached hydrogens (tertiary/aromatic N) is 1. The number of alkyl halides is 2. The van der Waals surface area contributed by atoms with Gasteiger partial charge in [0.1, 0.15) is 5.75 Å². The van der Waals surface area contributed by atoms with Crippen LogP contribution in [0.25, 0.3) is 0 Å². The number of halogens is 2. The van der Waals surface area contributed by atoms with Gasteiger partial charge in [-0.2, -0.15) is 8.78 Å². The van der Waals surface area contributed by atoms with Gasteiger partial charge >= 0.3 is 6.61 Å². The van der Waals surface area contributed by atoms with E-state index in [0.29, 0.717) is 12.0 Å². The molecule has 2 aliphatic rings. The average molecular weight is 282 g/mol. The van der Waals surface area contributed by atoms with Gasteiger partial charge in [0.05, 0.1) is 0 Å². The third-order valence-corrected chi connectivity index (χ3v) is 4.46. The lowest BCUT2D eigenvalue weighted by Gasteiger charge is -2.22. The number of nitrogens with one attached hydrogen (secondary N) is 1. The number of hydrogen-bond acceptors (Lipinski definition) is 3. The van der Waals surface area contributed by atoms with Crippen molar-refractivity contribution in [2.45, 2.75) is 37.8 Å². The number of anilines is 1.